The number of hydrogen-bond acceptors (Lipinski definition) is 2. The van der Waals surface area contributed by atoms with E-state index in [2.05, 4.69) is 4.98 Å². The van der Waals surface area contributed by atoms with Crippen LogP contribution in [0.2, 0.25) is 10.2 Å². The van der Waals surface area contributed by atoms with Crippen molar-refractivity contribution >= 4 is 23.2 Å². The highest BCUT2D eigenvalue weighted by molar-refractivity contribution is 6.33. The Kier molecular flexibility index (Phi) is 2.86. The summed E-state index contributed by atoms with van der Waals surface area (Å²) < 4.78 is 1.64. The van der Waals surface area contributed by atoms with Crippen LogP contribution in [-0.4, -0.2) is 9.55 Å². The molecule has 0 saturated carbocycles. The van der Waals surface area contributed by atoms with Crippen molar-refractivity contribution in [3.05, 3.63) is 40.1 Å². The van der Waals surface area contributed by atoms with Crippen LogP contribution in [0.25, 0.3) is 11.4 Å². The van der Waals surface area contributed by atoms with Crippen LogP contribution >= 0.6 is 23.2 Å². The van der Waals surface area contributed by atoms with E-state index in [9.17, 15) is 0 Å². The minimum absolute atomic E-state index is 0.207. The predicted octanol–water partition coefficient (Wildman–Crippen LogP) is 3.27. The molecule has 0 aliphatic heterocycles. The van der Waals surface area contributed by atoms with Gasteiger partial charge in [0.2, 0.25) is 0 Å². The Morgan fingerprint density at radius 1 is 1.31 bits per heavy atom. The molecule has 0 atom stereocenters. The maximum absolute atomic E-state index is 8.83. The van der Waals surface area contributed by atoms with Crippen molar-refractivity contribution < 1.29 is 0 Å². The molecule has 0 aliphatic rings. The topological polar surface area (TPSA) is 41.6 Å². The normalized spacial score (nSPS) is 10.1. The standard InChI is InChI=1S/C11H7Cl2N3/c1-16-10(13)9(6-14)15-11(16)7-4-2-3-5-8(7)12/h2-5H,1H3. The monoisotopic (exact) mass is 251 g/mol. The van der Waals surface area contributed by atoms with Crippen LogP contribution in [0.15, 0.2) is 24.3 Å². The maximum Gasteiger partial charge on any atom is 0.178 e. The molecule has 80 valence electrons. The van der Waals surface area contributed by atoms with Gasteiger partial charge in [0.25, 0.3) is 0 Å². The van der Waals surface area contributed by atoms with Crippen LogP contribution in [0.4, 0.5) is 0 Å². The van der Waals surface area contributed by atoms with Crippen LogP contribution in [0.5, 0.6) is 0 Å². The number of hydrogen-bond donors (Lipinski definition) is 0. The summed E-state index contributed by atoms with van der Waals surface area (Å²) in [6.07, 6.45) is 0. The number of imidazole rings is 1. The van der Waals surface area contributed by atoms with Gasteiger partial charge in [-0.15, -0.1) is 0 Å². The Labute approximate surface area is 103 Å². The molecule has 0 saturated heterocycles. The zero-order chi connectivity index (χ0) is 11.7. The van der Waals surface area contributed by atoms with E-state index in [1.165, 1.54) is 0 Å². The van der Waals surface area contributed by atoms with Crippen LogP contribution in [0.1, 0.15) is 5.69 Å². The summed E-state index contributed by atoms with van der Waals surface area (Å²) in [5.41, 5.74) is 0.967. The van der Waals surface area contributed by atoms with E-state index >= 15 is 0 Å². The van der Waals surface area contributed by atoms with E-state index in [0.717, 1.165) is 5.56 Å². The van der Waals surface area contributed by atoms with Crippen LogP contribution in [0, 0.1) is 11.3 Å². The highest BCUT2D eigenvalue weighted by Crippen LogP contribution is 2.29. The van der Waals surface area contributed by atoms with Crippen molar-refractivity contribution in [1.82, 2.24) is 9.55 Å². The summed E-state index contributed by atoms with van der Waals surface area (Å²) in [5, 5.41) is 9.73. The second-order valence-electron chi connectivity index (χ2n) is 3.23. The lowest BCUT2D eigenvalue weighted by Crippen LogP contribution is -1.92. The molecular formula is C11H7Cl2N3. The van der Waals surface area contributed by atoms with Gasteiger partial charge >= 0.3 is 0 Å². The highest BCUT2D eigenvalue weighted by atomic mass is 35.5. The van der Waals surface area contributed by atoms with Crippen molar-refractivity contribution in [2.24, 2.45) is 7.05 Å². The van der Waals surface area contributed by atoms with E-state index in [0.29, 0.717) is 16.0 Å². The van der Waals surface area contributed by atoms with Crippen molar-refractivity contribution in [3.63, 3.8) is 0 Å². The van der Waals surface area contributed by atoms with Gasteiger partial charge in [-0.2, -0.15) is 5.26 Å². The molecule has 0 aliphatic carbocycles. The van der Waals surface area contributed by atoms with Crippen molar-refractivity contribution in [2.45, 2.75) is 0 Å². The Bertz CT molecular complexity index is 581. The molecule has 1 aromatic heterocycles. The van der Waals surface area contributed by atoms with Crippen LogP contribution < -0.4 is 0 Å². The lowest BCUT2D eigenvalue weighted by Gasteiger charge is -2.03. The van der Waals surface area contributed by atoms with Crippen molar-refractivity contribution in [1.29, 1.82) is 5.26 Å². The first-order valence-electron chi connectivity index (χ1n) is 4.52. The number of nitrogens with zero attached hydrogens (tertiary/aromatic N) is 3. The molecule has 0 unspecified atom stereocenters. The minimum Gasteiger partial charge on any atom is -0.317 e. The van der Waals surface area contributed by atoms with Gasteiger partial charge in [0, 0.05) is 12.6 Å². The van der Waals surface area contributed by atoms with E-state index in [4.69, 9.17) is 28.5 Å². The lowest BCUT2D eigenvalue weighted by molar-refractivity contribution is 0.925. The van der Waals surface area contributed by atoms with Crippen molar-refractivity contribution in [2.75, 3.05) is 0 Å². The highest BCUT2D eigenvalue weighted by Gasteiger charge is 2.15. The van der Waals surface area contributed by atoms with Gasteiger partial charge in [0.1, 0.15) is 17.0 Å². The first kappa shape index (κ1) is 11.0. The lowest BCUT2D eigenvalue weighted by atomic mass is 10.2. The van der Waals surface area contributed by atoms with Gasteiger partial charge in [0.05, 0.1) is 5.02 Å². The first-order valence-corrected chi connectivity index (χ1v) is 5.28. The minimum atomic E-state index is 0.207. The fourth-order valence-corrected chi connectivity index (χ4v) is 1.82. The van der Waals surface area contributed by atoms with Gasteiger partial charge in [0.15, 0.2) is 5.69 Å². The Hall–Kier alpha value is -1.50. The fourth-order valence-electron chi connectivity index (χ4n) is 1.43. The quantitative estimate of drug-likeness (QED) is 0.781. The van der Waals surface area contributed by atoms with Gasteiger partial charge in [-0.25, -0.2) is 4.98 Å². The number of nitriles is 1. The van der Waals surface area contributed by atoms with Gasteiger partial charge in [-0.05, 0) is 12.1 Å². The summed E-state index contributed by atoms with van der Waals surface area (Å²) in [4.78, 5) is 4.14. The molecule has 0 radical (unpaired) electrons. The molecule has 2 rings (SSSR count). The molecule has 0 bridgehead atoms. The number of benzene rings is 1. The average Bonchev–Trinajstić information content (AvgIpc) is 2.57. The fraction of sp³-hybridized carbons (Fsp3) is 0.0909. The maximum atomic E-state index is 8.83. The van der Waals surface area contributed by atoms with Crippen LogP contribution in [-0.2, 0) is 7.05 Å². The summed E-state index contributed by atoms with van der Waals surface area (Å²) >= 11 is 12.0. The molecule has 0 fully saturated rings. The molecular weight excluding hydrogens is 245 g/mol. The summed E-state index contributed by atoms with van der Waals surface area (Å²) in [5.74, 6) is 0.590. The van der Waals surface area contributed by atoms with Gasteiger partial charge in [-0.1, -0.05) is 35.3 Å². The molecule has 2 aromatic rings. The average molecular weight is 252 g/mol. The number of rotatable bonds is 1. The Morgan fingerprint density at radius 2 is 2.00 bits per heavy atom. The molecule has 16 heavy (non-hydrogen) atoms. The second kappa shape index (κ2) is 4.17. The van der Waals surface area contributed by atoms with E-state index in [-0.39, 0.29) is 5.69 Å². The van der Waals surface area contributed by atoms with Gasteiger partial charge < -0.3 is 4.57 Å². The SMILES string of the molecule is Cn1c(-c2ccccc2Cl)nc(C#N)c1Cl. The van der Waals surface area contributed by atoms with E-state index < -0.39 is 0 Å². The second-order valence-corrected chi connectivity index (χ2v) is 3.99. The summed E-state index contributed by atoms with van der Waals surface area (Å²) in [6, 6.07) is 9.24. The Morgan fingerprint density at radius 3 is 2.56 bits per heavy atom. The first-order chi connectivity index (χ1) is 7.65. The Balaban J connectivity index is 2.67. The number of halogens is 2. The van der Waals surface area contributed by atoms with Crippen molar-refractivity contribution in [3.8, 4) is 17.5 Å². The predicted molar refractivity (Wildman–Crippen MR) is 63.4 cm³/mol. The van der Waals surface area contributed by atoms with E-state index in [1.807, 2.05) is 24.3 Å². The largest absolute Gasteiger partial charge is 0.317 e. The summed E-state index contributed by atoms with van der Waals surface area (Å²) in [7, 11) is 1.74. The molecule has 0 spiro atoms. The zero-order valence-electron chi connectivity index (χ0n) is 8.41. The molecule has 1 aromatic carbocycles. The molecule has 5 heteroatoms. The zero-order valence-corrected chi connectivity index (χ0v) is 9.92. The molecule has 1 heterocycles. The van der Waals surface area contributed by atoms with Crippen LogP contribution in [0.3, 0.4) is 0 Å². The summed E-state index contributed by atoms with van der Waals surface area (Å²) in [6.45, 7) is 0. The third kappa shape index (κ3) is 1.67. The van der Waals surface area contributed by atoms with Gasteiger partial charge in [-0.3, -0.25) is 0 Å². The van der Waals surface area contributed by atoms with E-state index in [1.54, 1.807) is 17.7 Å². The smallest absolute Gasteiger partial charge is 0.178 e. The molecule has 3 nitrogen and oxygen atoms in total. The molecule has 0 N–H and O–H groups in total. The third-order valence-electron chi connectivity index (χ3n) is 2.25. The molecule has 0 amide bonds. The third-order valence-corrected chi connectivity index (χ3v) is 3.01. The number of aromatic nitrogens is 2.